The SMILES string of the molecule is CCCCSCCCC(CCCSCCCC)(CCCSCCCC)C(=O)CCCCCC(=O)C(CCCSCCC[Si](OC)(OC)OC)(CCCSCCC[Si](OC)(OC)OC)CCCSCCC[Si](OC)(OC)OC. The van der Waals surface area contributed by atoms with Crippen LogP contribution in [0.1, 0.15) is 188 Å². The smallest absolute Gasteiger partial charge is 0.377 e. The van der Waals surface area contributed by atoms with E-state index in [0.29, 0.717) is 24.4 Å². The molecule has 0 bridgehead atoms. The molecule has 0 N–H and O–H groups in total. The zero-order valence-electron chi connectivity index (χ0n) is 51.4. The van der Waals surface area contributed by atoms with Crippen LogP contribution in [0.2, 0.25) is 18.1 Å². The Morgan fingerprint density at radius 3 is 0.675 bits per heavy atom. The number of thioether (sulfide) groups is 6. The molecular weight excluding hydrogens is 1140 g/mol. The first kappa shape index (κ1) is 78.7. The van der Waals surface area contributed by atoms with Gasteiger partial charge < -0.3 is 39.8 Å². The van der Waals surface area contributed by atoms with Crippen LogP contribution in [0.4, 0.5) is 0 Å². The molecule has 0 aliphatic carbocycles. The Labute approximate surface area is 504 Å². The monoisotopic (exact) mass is 1250 g/mol. The van der Waals surface area contributed by atoms with Crippen LogP contribution < -0.4 is 0 Å². The average Bonchev–Trinajstić information content (AvgIpc) is 3.45. The molecule has 0 aromatic rings. The van der Waals surface area contributed by atoms with E-state index in [0.717, 1.165) is 185 Å². The van der Waals surface area contributed by atoms with Crippen molar-refractivity contribution in [1.82, 2.24) is 0 Å². The average molecular weight is 1260 g/mol. The zero-order chi connectivity index (χ0) is 57.3. The highest BCUT2D eigenvalue weighted by molar-refractivity contribution is 8.00. The number of carbonyl (C=O) groups excluding carboxylic acids is 2. The van der Waals surface area contributed by atoms with Gasteiger partial charge >= 0.3 is 26.4 Å². The van der Waals surface area contributed by atoms with E-state index >= 15 is 4.79 Å². The summed E-state index contributed by atoms with van der Waals surface area (Å²) in [6.07, 6.45) is 26.6. The molecule has 0 fully saturated rings. The van der Waals surface area contributed by atoms with Crippen LogP contribution in [0.5, 0.6) is 0 Å². The van der Waals surface area contributed by atoms with Crippen molar-refractivity contribution in [3.8, 4) is 0 Å². The predicted octanol–water partition coefficient (Wildman–Crippen LogP) is 16.3. The van der Waals surface area contributed by atoms with Crippen molar-refractivity contribution < 1.29 is 49.4 Å². The Morgan fingerprint density at radius 1 is 0.286 bits per heavy atom. The van der Waals surface area contributed by atoms with Crippen molar-refractivity contribution in [1.29, 1.82) is 0 Å². The van der Waals surface area contributed by atoms with Crippen molar-refractivity contribution in [2.75, 3.05) is 133 Å². The molecule has 0 spiro atoms. The lowest BCUT2D eigenvalue weighted by molar-refractivity contribution is -0.130. The van der Waals surface area contributed by atoms with E-state index in [1.54, 1.807) is 64.0 Å². The normalized spacial score (nSPS) is 12.8. The van der Waals surface area contributed by atoms with E-state index in [9.17, 15) is 4.79 Å². The first-order valence-electron chi connectivity index (χ1n) is 29.9. The molecule has 0 unspecified atom stereocenters. The van der Waals surface area contributed by atoms with Gasteiger partial charge in [-0.05, 0) is 197 Å². The van der Waals surface area contributed by atoms with Gasteiger partial charge in [-0.25, -0.2) is 0 Å². The van der Waals surface area contributed by atoms with Crippen LogP contribution in [0.3, 0.4) is 0 Å². The molecule has 0 radical (unpaired) electrons. The summed E-state index contributed by atoms with van der Waals surface area (Å²) in [7, 11) is 7.34. The van der Waals surface area contributed by atoms with E-state index in [2.05, 4.69) is 56.1 Å². The van der Waals surface area contributed by atoms with Gasteiger partial charge in [0.2, 0.25) is 0 Å². The first-order valence-corrected chi connectivity index (χ1v) is 42.6. The van der Waals surface area contributed by atoms with Gasteiger partial charge in [0.1, 0.15) is 11.6 Å². The van der Waals surface area contributed by atoms with Gasteiger partial charge in [0.15, 0.2) is 0 Å². The highest BCUT2D eigenvalue weighted by Gasteiger charge is 2.40. The summed E-state index contributed by atoms with van der Waals surface area (Å²) in [6, 6.07) is 2.37. The molecular formula is C57H118O11S6Si3. The minimum atomic E-state index is -2.60. The molecule has 0 aromatic heterocycles. The van der Waals surface area contributed by atoms with Crippen molar-refractivity contribution in [3.63, 3.8) is 0 Å². The van der Waals surface area contributed by atoms with E-state index in [4.69, 9.17) is 39.8 Å². The van der Waals surface area contributed by atoms with E-state index < -0.39 is 26.4 Å². The van der Waals surface area contributed by atoms with Gasteiger partial charge in [0.05, 0.1) is 0 Å². The maximum absolute atomic E-state index is 15.1. The fourth-order valence-electron chi connectivity index (χ4n) is 10.1. The maximum atomic E-state index is 15.1. The topological polar surface area (TPSA) is 117 Å². The Morgan fingerprint density at radius 2 is 0.481 bits per heavy atom. The lowest BCUT2D eigenvalue weighted by Crippen LogP contribution is -2.42. The quantitative estimate of drug-likeness (QED) is 0.0424. The number of carbonyl (C=O) groups is 2. The van der Waals surface area contributed by atoms with Crippen LogP contribution >= 0.6 is 70.6 Å². The van der Waals surface area contributed by atoms with Gasteiger partial charge in [-0.15, -0.1) is 0 Å². The number of Topliss-reactive ketones (excluding diaryl/α,β-unsaturated/α-hetero) is 2. The third kappa shape index (κ3) is 35.7. The molecule has 0 saturated carbocycles. The Bertz CT molecular complexity index is 1210. The van der Waals surface area contributed by atoms with Gasteiger partial charge in [-0.2, -0.15) is 70.6 Å². The summed E-state index contributed by atoms with van der Waals surface area (Å²) in [6.45, 7) is 6.82. The number of hydrogen-bond acceptors (Lipinski definition) is 17. The molecule has 0 atom stereocenters. The van der Waals surface area contributed by atoms with Crippen molar-refractivity contribution in [3.05, 3.63) is 0 Å². The summed E-state index contributed by atoms with van der Waals surface area (Å²) in [5, 5.41) is 0. The van der Waals surface area contributed by atoms with E-state index in [1.807, 2.05) is 35.3 Å². The van der Waals surface area contributed by atoms with Crippen LogP contribution in [0, 0.1) is 10.8 Å². The summed E-state index contributed by atoms with van der Waals surface area (Å²) in [5.74, 6) is 14.2. The molecule has 0 aliphatic heterocycles. The van der Waals surface area contributed by atoms with Crippen molar-refractivity contribution in [2.24, 2.45) is 10.8 Å². The lowest BCUT2D eigenvalue weighted by atomic mass is 9.70. The number of rotatable bonds is 62. The second-order valence-electron chi connectivity index (χ2n) is 20.5. The lowest BCUT2D eigenvalue weighted by Gasteiger charge is -2.34. The highest BCUT2D eigenvalue weighted by atomic mass is 32.2. The zero-order valence-corrected chi connectivity index (χ0v) is 59.3. The minimum Gasteiger partial charge on any atom is -0.377 e. The molecule has 0 saturated heterocycles. The summed E-state index contributed by atoms with van der Waals surface area (Å²) >= 11 is 12.1. The van der Waals surface area contributed by atoms with Crippen molar-refractivity contribution in [2.45, 2.75) is 206 Å². The Hall–Kier alpha value is 1.73. The molecule has 11 nitrogen and oxygen atoms in total. The second kappa shape index (κ2) is 52.1. The Kier molecular flexibility index (Phi) is 53.3. The van der Waals surface area contributed by atoms with E-state index in [1.165, 1.54) is 55.8 Å². The summed E-state index contributed by atoms with van der Waals surface area (Å²) in [5.41, 5.74) is -0.571. The molecule has 0 rings (SSSR count). The van der Waals surface area contributed by atoms with E-state index in [-0.39, 0.29) is 10.8 Å². The molecule has 0 aliphatic rings. The second-order valence-corrected chi connectivity index (χ2v) is 37.1. The van der Waals surface area contributed by atoms with Gasteiger partial charge in [0, 0.05) is 106 Å². The Balaban J connectivity index is 6.35. The first-order chi connectivity index (χ1) is 37.4. The standard InChI is InChI=1S/C57H118O11S6Si3/c1-13-16-39-69-42-22-33-56(34-23-43-70-40-17-14-2,35-24-44-71-41-18-15-3)54(58)31-20-19-21-32-55(59)57(36-25-45-72-48-28-51-75(60-4,61-5)62-6,37-26-46-73-49-29-52-76(63-7,64-8)65-9)38-27-47-74-50-30-53-77(66-10,67-11)68-12/h13-53H2,1-12H3. The molecule has 77 heavy (non-hydrogen) atoms. The molecule has 0 amide bonds. The van der Waals surface area contributed by atoms with Crippen LogP contribution in [0.15, 0.2) is 0 Å². The number of hydrogen-bond donors (Lipinski definition) is 0. The van der Waals surface area contributed by atoms with Gasteiger partial charge in [0.25, 0.3) is 0 Å². The molecule has 460 valence electrons. The molecule has 20 heteroatoms. The molecule has 0 aromatic carbocycles. The molecule has 0 heterocycles. The third-order valence-corrected chi connectivity index (χ3v) is 30.6. The maximum Gasteiger partial charge on any atom is 0.500 e. The number of ketones is 2. The van der Waals surface area contributed by atoms with Crippen LogP contribution in [-0.2, 0) is 49.4 Å². The summed E-state index contributed by atoms with van der Waals surface area (Å²) in [4.78, 5) is 29.9. The summed E-state index contributed by atoms with van der Waals surface area (Å²) < 4.78 is 51.2. The van der Waals surface area contributed by atoms with Crippen molar-refractivity contribution >= 4 is 109 Å². The fraction of sp³-hybridized carbons (Fsp3) is 0.965. The van der Waals surface area contributed by atoms with Gasteiger partial charge in [-0.1, -0.05) is 46.5 Å². The minimum absolute atomic E-state index is 0.214. The van der Waals surface area contributed by atoms with Crippen LogP contribution in [-0.4, -0.2) is 171 Å². The third-order valence-electron chi connectivity index (χ3n) is 15.2. The largest absolute Gasteiger partial charge is 0.500 e. The van der Waals surface area contributed by atoms with Gasteiger partial charge in [-0.3, -0.25) is 9.59 Å². The highest BCUT2D eigenvalue weighted by Crippen LogP contribution is 2.42. The number of unbranched alkanes of at least 4 members (excludes halogenated alkanes) is 5. The fourth-order valence-corrected chi connectivity index (χ4v) is 21.9. The van der Waals surface area contributed by atoms with Crippen LogP contribution in [0.25, 0.3) is 0 Å². The predicted molar refractivity (Wildman–Crippen MR) is 351 cm³/mol.